The number of aryl methyl sites for hydroxylation is 1. The first-order valence-electron chi connectivity index (χ1n) is 12.5. The second kappa shape index (κ2) is 12.6. The van der Waals surface area contributed by atoms with Crippen LogP contribution in [0.5, 0.6) is 0 Å². The number of nitrogens with two attached hydrogens (primary N) is 2. The van der Waals surface area contributed by atoms with Gasteiger partial charge in [-0.25, -0.2) is 9.97 Å². The minimum atomic E-state index is -0.264. The Hall–Kier alpha value is -3.03. The molecule has 0 unspecified atom stereocenters. The number of carbonyl (C=O) groups is 1. The maximum absolute atomic E-state index is 13.6. The molecule has 1 fully saturated rings. The van der Waals surface area contributed by atoms with Gasteiger partial charge in [0.15, 0.2) is 0 Å². The zero-order valence-corrected chi connectivity index (χ0v) is 21.7. The number of hydrogen-bond acceptors (Lipinski definition) is 10. The number of fused-ring (bicyclic) bond motifs is 1. The molecule has 4 rings (SSSR count). The van der Waals surface area contributed by atoms with Crippen molar-refractivity contribution in [3.8, 4) is 6.07 Å². The molecular weight excluding hydrogens is 460 g/mol. The molecule has 1 atom stereocenters. The van der Waals surface area contributed by atoms with Crippen LogP contribution in [-0.4, -0.2) is 46.9 Å². The Morgan fingerprint density at radius 3 is 2.83 bits per heavy atom. The van der Waals surface area contributed by atoms with Gasteiger partial charge in [0.2, 0.25) is 17.6 Å². The Bertz CT molecular complexity index is 1100. The van der Waals surface area contributed by atoms with Gasteiger partial charge in [-0.3, -0.25) is 4.79 Å². The quantitative estimate of drug-likeness (QED) is 0.403. The first kappa shape index (κ1) is 26.6. The molecule has 1 aliphatic carbocycles. The Morgan fingerprint density at radius 1 is 1.29 bits per heavy atom. The molecule has 0 saturated carbocycles. The van der Waals surface area contributed by atoms with Crippen LogP contribution in [0.1, 0.15) is 85.4 Å². The van der Waals surface area contributed by atoms with E-state index < -0.39 is 0 Å². The number of hydrogen-bond donors (Lipinski definition) is 3. The van der Waals surface area contributed by atoms with Gasteiger partial charge in [-0.05, 0) is 44.2 Å². The third-order valence-corrected chi connectivity index (χ3v) is 7.38. The molecule has 188 valence electrons. The van der Waals surface area contributed by atoms with Crippen molar-refractivity contribution in [2.45, 2.75) is 65.2 Å². The van der Waals surface area contributed by atoms with E-state index in [0.717, 1.165) is 68.7 Å². The number of aromatic nitrogens is 3. The number of allylic oxidation sites excluding steroid dienone is 2. The van der Waals surface area contributed by atoms with Crippen LogP contribution in [0, 0.1) is 11.3 Å². The Labute approximate surface area is 211 Å². The highest BCUT2D eigenvalue weighted by molar-refractivity contribution is 7.16. The van der Waals surface area contributed by atoms with Crippen LogP contribution in [0.25, 0.3) is 0 Å². The Balaban J connectivity index is 0.00000167. The summed E-state index contributed by atoms with van der Waals surface area (Å²) in [5, 5.41) is 13.6. The lowest BCUT2D eigenvalue weighted by molar-refractivity contribution is 0.101. The van der Waals surface area contributed by atoms with E-state index in [1.807, 2.05) is 20.8 Å². The fraction of sp³-hybridized carbons (Fsp3) is 0.560. The standard InChI is InChI=1S/C23H30N8OS.C2H6/c1-2-5-15(19(25)14-6-3-7-17-18(14)16(12-24)21(26)33-17)20(32)22-28-13-29-23(30-22)31-10-4-8-27-9-11-31;1-2/h13-14,27H,2-11,25-26H2,1H3;1-2H3/b19-15-;/t14-;/m0./s1. The van der Waals surface area contributed by atoms with E-state index in [1.165, 1.54) is 17.7 Å². The summed E-state index contributed by atoms with van der Waals surface area (Å²) in [4.78, 5) is 29.8. The molecule has 5 N–H and O–H groups in total. The topological polar surface area (TPSA) is 147 Å². The Morgan fingerprint density at radius 2 is 2.09 bits per heavy atom. The fourth-order valence-corrected chi connectivity index (χ4v) is 5.81. The van der Waals surface area contributed by atoms with Gasteiger partial charge in [-0.2, -0.15) is 10.2 Å². The molecule has 2 aromatic heterocycles. The molecule has 0 aromatic carbocycles. The van der Waals surface area contributed by atoms with Gasteiger partial charge >= 0.3 is 0 Å². The summed E-state index contributed by atoms with van der Waals surface area (Å²) < 4.78 is 0. The number of anilines is 2. The highest BCUT2D eigenvalue weighted by Crippen LogP contribution is 2.44. The van der Waals surface area contributed by atoms with Crippen molar-refractivity contribution in [1.29, 1.82) is 5.26 Å². The van der Waals surface area contributed by atoms with Gasteiger partial charge in [0.05, 0.1) is 5.56 Å². The van der Waals surface area contributed by atoms with Gasteiger partial charge in [-0.1, -0.05) is 27.2 Å². The monoisotopic (exact) mass is 496 g/mol. The molecule has 0 spiro atoms. The van der Waals surface area contributed by atoms with Crippen LogP contribution >= 0.6 is 11.3 Å². The fourth-order valence-electron chi connectivity index (χ4n) is 4.68. The summed E-state index contributed by atoms with van der Waals surface area (Å²) in [5.41, 5.74) is 15.2. The highest BCUT2D eigenvalue weighted by atomic mass is 32.1. The van der Waals surface area contributed by atoms with Crippen molar-refractivity contribution in [1.82, 2.24) is 20.3 Å². The third-order valence-electron chi connectivity index (χ3n) is 6.29. The van der Waals surface area contributed by atoms with Crippen LogP contribution in [0.2, 0.25) is 0 Å². The van der Waals surface area contributed by atoms with E-state index >= 15 is 0 Å². The number of nitrogens with one attached hydrogen (secondary N) is 1. The minimum absolute atomic E-state index is 0.116. The SMILES string of the molecule is CC.CCC/C(C(=O)c1ncnc(N2CCCNCC2)n1)=C(/N)[C@H]1CCCc2sc(N)c(C#N)c21. The second-order valence-electron chi connectivity index (χ2n) is 8.45. The summed E-state index contributed by atoms with van der Waals surface area (Å²) in [6.07, 6.45) is 6.27. The lowest BCUT2D eigenvalue weighted by Crippen LogP contribution is -2.30. The zero-order chi connectivity index (χ0) is 25.4. The Kier molecular flexibility index (Phi) is 9.57. The molecule has 10 heteroatoms. The normalized spacial score (nSPS) is 18.3. The summed E-state index contributed by atoms with van der Waals surface area (Å²) in [5.74, 6) is 0.175. The van der Waals surface area contributed by atoms with Gasteiger partial charge in [0.25, 0.3) is 0 Å². The van der Waals surface area contributed by atoms with Gasteiger partial charge in [0, 0.05) is 41.7 Å². The van der Waals surface area contributed by atoms with Gasteiger partial charge < -0.3 is 21.7 Å². The number of rotatable bonds is 6. The molecular formula is C25H36N8OS. The predicted octanol–water partition coefficient (Wildman–Crippen LogP) is 3.53. The van der Waals surface area contributed by atoms with Crippen LogP contribution in [0.3, 0.4) is 0 Å². The third kappa shape index (κ3) is 5.80. The average Bonchev–Trinajstić information content (AvgIpc) is 3.04. The van der Waals surface area contributed by atoms with Crippen LogP contribution in [0.4, 0.5) is 10.9 Å². The minimum Gasteiger partial charge on any atom is -0.401 e. The summed E-state index contributed by atoms with van der Waals surface area (Å²) >= 11 is 1.46. The van der Waals surface area contributed by atoms with Gasteiger partial charge in [0.1, 0.15) is 17.4 Å². The van der Waals surface area contributed by atoms with E-state index in [4.69, 9.17) is 11.5 Å². The lowest BCUT2D eigenvalue weighted by Gasteiger charge is -2.25. The first-order valence-corrected chi connectivity index (χ1v) is 13.4. The molecule has 0 amide bonds. The zero-order valence-electron chi connectivity index (χ0n) is 20.9. The number of nitrogen functional groups attached to an aromatic ring is 1. The smallest absolute Gasteiger partial charge is 0.229 e. The number of ketones is 1. The molecule has 0 radical (unpaired) electrons. The second-order valence-corrected chi connectivity index (χ2v) is 9.58. The number of thiophene rings is 1. The maximum atomic E-state index is 13.6. The van der Waals surface area contributed by atoms with Crippen molar-refractivity contribution < 1.29 is 4.79 Å². The van der Waals surface area contributed by atoms with Crippen molar-refractivity contribution in [3.63, 3.8) is 0 Å². The van der Waals surface area contributed by atoms with Crippen LogP contribution < -0.4 is 21.7 Å². The summed E-state index contributed by atoms with van der Waals surface area (Å²) in [6, 6.07) is 2.25. The number of nitriles is 1. The largest absolute Gasteiger partial charge is 0.401 e. The van der Waals surface area contributed by atoms with Crippen LogP contribution in [0.15, 0.2) is 17.6 Å². The van der Waals surface area contributed by atoms with Crippen LogP contribution in [-0.2, 0) is 6.42 Å². The summed E-state index contributed by atoms with van der Waals surface area (Å²) in [7, 11) is 0. The number of Topliss-reactive ketones (excluding diaryl/α,β-unsaturated/α-hetero) is 1. The highest BCUT2D eigenvalue weighted by Gasteiger charge is 2.32. The summed E-state index contributed by atoms with van der Waals surface area (Å²) in [6.45, 7) is 9.41. The molecule has 3 heterocycles. The van der Waals surface area contributed by atoms with Crippen molar-refractivity contribution in [3.05, 3.63) is 39.4 Å². The molecule has 1 aliphatic heterocycles. The molecule has 2 aromatic rings. The van der Waals surface area contributed by atoms with E-state index in [-0.39, 0.29) is 17.5 Å². The van der Waals surface area contributed by atoms with Crippen molar-refractivity contribution in [2.24, 2.45) is 5.73 Å². The maximum Gasteiger partial charge on any atom is 0.229 e. The van der Waals surface area contributed by atoms with E-state index in [2.05, 4.69) is 31.2 Å². The molecule has 2 aliphatic rings. The molecule has 1 saturated heterocycles. The number of nitrogens with zero attached hydrogens (tertiary/aromatic N) is 5. The van der Waals surface area contributed by atoms with E-state index in [1.54, 1.807) is 0 Å². The van der Waals surface area contributed by atoms with E-state index in [0.29, 0.717) is 34.2 Å². The number of carbonyl (C=O) groups excluding carboxylic acids is 1. The van der Waals surface area contributed by atoms with Crippen molar-refractivity contribution >= 4 is 28.1 Å². The van der Waals surface area contributed by atoms with Gasteiger partial charge in [-0.15, -0.1) is 11.3 Å². The van der Waals surface area contributed by atoms with Crippen molar-refractivity contribution in [2.75, 3.05) is 36.8 Å². The first-order chi connectivity index (χ1) is 17.0. The lowest BCUT2D eigenvalue weighted by atomic mass is 9.81. The average molecular weight is 497 g/mol. The molecule has 0 bridgehead atoms. The molecule has 9 nitrogen and oxygen atoms in total. The molecule has 35 heavy (non-hydrogen) atoms. The predicted molar refractivity (Wildman–Crippen MR) is 140 cm³/mol. The van der Waals surface area contributed by atoms with E-state index in [9.17, 15) is 10.1 Å².